The molecule has 0 atom stereocenters. The summed E-state index contributed by atoms with van der Waals surface area (Å²) in [5, 5.41) is 10.5. The summed E-state index contributed by atoms with van der Waals surface area (Å²) < 4.78 is 20.9. The lowest BCUT2D eigenvalue weighted by Gasteiger charge is -2.50. The van der Waals surface area contributed by atoms with Crippen molar-refractivity contribution in [1.82, 2.24) is 25.1 Å². The molecular weight excluding hydrogens is 397 g/mol. The van der Waals surface area contributed by atoms with Crippen LogP contribution < -0.4 is 10.2 Å². The number of nitrogens with zero attached hydrogens (tertiary/aromatic N) is 5. The molecule has 1 saturated carbocycles. The lowest BCUT2D eigenvalue weighted by Crippen LogP contribution is -2.64. The van der Waals surface area contributed by atoms with E-state index in [4.69, 9.17) is 4.74 Å². The molecule has 0 aromatic carbocycles. The Bertz CT molecular complexity index is 930. The van der Waals surface area contributed by atoms with Crippen LogP contribution in [0, 0.1) is 5.82 Å². The monoisotopic (exact) mass is 429 g/mol. The van der Waals surface area contributed by atoms with Crippen LogP contribution in [0.25, 0.3) is 0 Å². The van der Waals surface area contributed by atoms with Gasteiger partial charge in [-0.15, -0.1) is 0 Å². The zero-order chi connectivity index (χ0) is 21.6. The number of aromatic nitrogens is 4. The highest BCUT2D eigenvalue weighted by atomic mass is 19.1. The molecular formula is C22H32FN7O. The van der Waals surface area contributed by atoms with Crippen LogP contribution in [-0.4, -0.2) is 70.0 Å². The molecule has 9 heteroatoms. The van der Waals surface area contributed by atoms with E-state index in [2.05, 4.69) is 37.3 Å². The number of rotatable bonds is 6. The average Bonchev–Trinajstić information content (AvgIpc) is 3.14. The normalized spacial score (nSPS) is 21.8. The highest BCUT2D eigenvalue weighted by Gasteiger charge is 2.41. The Morgan fingerprint density at radius 3 is 2.52 bits per heavy atom. The van der Waals surface area contributed by atoms with Crippen molar-refractivity contribution in [2.24, 2.45) is 0 Å². The molecule has 168 valence electrons. The van der Waals surface area contributed by atoms with E-state index in [0.29, 0.717) is 23.4 Å². The van der Waals surface area contributed by atoms with Crippen LogP contribution in [-0.2, 0) is 4.74 Å². The maximum absolute atomic E-state index is 15.5. The largest absolute Gasteiger partial charge is 0.377 e. The van der Waals surface area contributed by atoms with Crippen molar-refractivity contribution in [2.45, 2.75) is 57.4 Å². The Hall–Kier alpha value is -2.26. The van der Waals surface area contributed by atoms with Crippen molar-refractivity contribution in [1.29, 1.82) is 0 Å². The fourth-order valence-corrected chi connectivity index (χ4v) is 4.49. The first kappa shape index (κ1) is 20.6. The van der Waals surface area contributed by atoms with E-state index < -0.39 is 5.82 Å². The maximum Gasteiger partial charge on any atom is 0.208 e. The number of hydrogen-bond acceptors (Lipinski definition) is 7. The van der Waals surface area contributed by atoms with Crippen LogP contribution >= 0.6 is 0 Å². The second kappa shape index (κ2) is 8.02. The van der Waals surface area contributed by atoms with Gasteiger partial charge in [0.05, 0.1) is 18.8 Å². The van der Waals surface area contributed by atoms with Gasteiger partial charge in [0, 0.05) is 49.8 Å². The zero-order valence-electron chi connectivity index (χ0n) is 18.6. The van der Waals surface area contributed by atoms with Gasteiger partial charge in [0.15, 0.2) is 17.5 Å². The molecule has 8 nitrogen and oxygen atoms in total. The molecule has 0 bridgehead atoms. The first-order valence-electron chi connectivity index (χ1n) is 11.4. The van der Waals surface area contributed by atoms with Crippen LogP contribution in [0.1, 0.15) is 63.4 Å². The molecule has 2 aromatic heterocycles. The summed E-state index contributed by atoms with van der Waals surface area (Å²) in [6.45, 7) is 11.0. The number of H-pyrrole nitrogens is 1. The third-order valence-corrected chi connectivity index (χ3v) is 6.93. The molecule has 2 aromatic rings. The Kier molecular flexibility index (Phi) is 5.34. The van der Waals surface area contributed by atoms with Crippen LogP contribution in [0.4, 0.5) is 21.8 Å². The van der Waals surface area contributed by atoms with Crippen molar-refractivity contribution < 1.29 is 9.13 Å². The predicted octanol–water partition coefficient (Wildman–Crippen LogP) is 3.38. The molecule has 0 spiro atoms. The fraction of sp³-hybridized carbons (Fsp3) is 0.682. The molecule has 1 aliphatic carbocycles. The van der Waals surface area contributed by atoms with Gasteiger partial charge in [-0.2, -0.15) is 9.49 Å². The molecule has 0 amide bonds. The minimum Gasteiger partial charge on any atom is -0.377 e. The minimum atomic E-state index is -0.413. The molecule has 0 unspecified atom stereocenters. The topological polar surface area (TPSA) is 82.2 Å². The molecule has 5 rings (SSSR count). The molecule has 4 heterocycles. The molecule has 2 saturated heterocycles. The molecule has 0 radical (unpaired) electrons. The Morgan fingerprint density at radius 1 is 1.19 bits per heavy atom. The molecule has 3 fully saturated rings. The quantitative estimate of drug-likeness (QED) is 0.728. The van der Waals surface area contributed by atoms with Gasteiger partial charge in [0.25, 0.3) is 0 Å². The zero-order valence-corrected chi connectivity index (χ0v) is 18.6. The second-order valence-electron chi connectivity index (χ2n) is 9.65. The van der Waals surface area contributed by atoms with E-state index in [9.17, 15) is 0 Å². The summed E-state index contributed by atoms with van der Waals surface area (Å²) in [7, 11) is 0. The number of halogens is 1. The number of piperazine rings is 1. The number of aromatic amines is 1. The van der Waals surface area contributed by atoms with Gasteiger partial charge in [-0.3, -0.25) is 10.00 Å². The van der Waals surface area contributed by atoms with Gasteiger partial charge >= 0.3 is 0 Å². The smallest absolute Gasteiger partial charge is 0.208 e. The number of ether oxygens (including phenoxy) is 1. The fourth-order valence-electron chi connectivity index (χ4n) is 4.49. The van der Waals surface area contributed by atoms with E-state index >= 15 is 4.39 Å². The lowest BCUT2D eigenvalue weighted by atomic mass is 9.83. The Labute approximate surface area is 182 Å². The van der Waals surface area contributed by atoms with Crippen LogP contribution in [0.5, 0.6) is 0 Å². The maximum atomic E-state index is 15.5. The van der Waals surface area contributed by atoms with Crippen molar-refractivity contribution in [3.05, 3.63) is 23.4 Å². The summed E-state index contributed by atoms with van der Waals surface area (Å²) in [6, 6.07) is 1.97. The van der Waals surface area contributed by atoms with E-state index in [-0.39, 0.29) is 17.3 Å². The van der Waals surface area contributed by atoms with Crippen LogP contribution in [0.3, 0.4) is 0 Å². The van der Waals surface area contributed by atoms with Crippen LogP contribution in [0.15, 0.2) is 6.07 Å². The first-order valence-corrected chi connectivity index (χ1v) is 11.4. The summed E-state index contributed by atoms with van der Waals surface area (Å²) >= 11 is 0. The molecule has 3 aliphatic rings. The third kappa shape index (κ3) is 3.89. The van der Waals surface area contributed by atoms with Gasteiger partial charge in [0.1, 0.15) is 5.82 Å². The Morgan fingerprint density at radius 2 is 1.94 bits per heavy atom. The van der Waals surface area contributed by atoms with Gasteiger partial charge in [-0.25, -0.2) is 9.97 Å². The second-order valence-corrected chi connectivity index (χ2v) is 9.65. The van der Waals surface area contributed by atoms with E-state index in [1.165, 1.54) is 19.3 Å². The van der Waals surface area contributed by atoms with Gasteiger partial charge < -0.3 is 15.0 Å². The highest BCUT2D eigenvalue weighted by Crippen LogP contribution is 2.36. The number of nitrogens with one attached hydrogen (secondary N) is 2. The SMILES string of the molecule is CC(C)c1nc(Nc2cc(C3CCC3)[nH]n2)c(F)c(N2CCN(C3(C)COC3)CC2)n1. The van der Waals surface area contributed by atoms with E-state index in [0.717, 1.165) is 45.1 Å². The summed E-state index contributed by atoms with van der Waals surface area (Å²) in [4.78, 5) is 13.6. The van der Waals surface area contributed by atoms with E-state index in [1.807, 2.05) is 24.8 Å². The highest BCUT2D eigenvalue weighted by molar-refractivity contribution is 5.59. The van der Waals surface area contributed by atoms with Crippen molar-refractivity contribution in [2.75, 3.05) is 49.6 Å². The first-order chi connectivity index (χ1) is 14.9. The standard InChI is InChI=1S/C22H32FN7O/c1-14(2)19-25-20(24-17-11-16(27-28-17)15-5-4-6-15)18(23)21(26-19)29-7-9-30(10-8-29)22(3)12-31-13-22/h11,14-15H,4-10,12-13H2,1-3H3,(H2,24,25,26,27,28). The molecule has 2 N–H and O–H groups in total. The summed E-state index contributed by atoms with van der Waals surface area (Å²) in [5.74, 6) is 2.03. The third-order valence-electron chi connectivity index (χ3n) is 6.93. The number of anilines is 3. The van der Waals surface area contributed by atoms with Crippen molar-refractivity contribution in [3.63, 3.8) is 0 Å². The van der Waals surface area contributed by atoms with E-state index in [1.54, 1.807) is 0 Å². The molecule has 2 aliphatic heterocycles. The summed E-state index contributed by atoms with van der Waals surface area (Å²) in [5.41, 5.74) is 1.22. The predicted molar refractivity (Wildman–Crippen MR) is 118 cm³/mol. The van der Waals surface area contributed by atoms with Crippen molar-refractivity contribution >= 4 is 17.5 Å². The lowest BCUT2D eigenvalue weighted by molar-refractivity contribution is -0.131. The van der Waals surface area contributed by atoms with Crippen molar-refractivity contribution in [3.8, 4) is 0 Å². The molecule has 31 heavy (non-hydrogen) atoms. The van der Waals surface area contributed by atoms with Gasteiger partial charge in [0.2, 0.25) is 5.82 Å². The minimum absolute atomic E-state index is 0.0944. The van der Waals surface area contributed by atoms with Crippen LogP contribution in [0.2, 0.25) is 0 Å². The average molecular weight is 430 g/mol. The van der Waals surface area contributed by atoms with Gasteiger partial charge in [-0.05, 0) is 19.8 Å². The number of hydrogen-bond donors (Lipinski definition) is 2. The summed E-state index contributed by atoms with van der Waals surface area (Å²) in [6.07, 6.45) is 3.62. The Balaban J connectivity index is 1.36. The van der Waals surface area contributed by atoms with Gasteiger partial charge in [-0.1, -0.05) is 20.3 Å².